The molecular formula is C11H22N2O2. The Morgan fingerprint density at radius 3 is 2.53 bits per heavy atom. The second-order valence-electron chi connectivity index (χ2n) is 5.37. The lowest BCUT2D eigenvalue weighted by atomic mass is 9.93. The summed E-state index contributed by atoms with van der Waals surface area (Å²) < 4.78 is 0. The van der Waals surface area contributed by atoms with Crippen molar-refractivity contribution in [2.45, 2.75) is 64.1 Å². The van der Waals surface area contributed by atoms with Gasteiger partial charge in [-0.2, -0.15) is 0 Å². The van der Waals surface area contributed by atoms with Gasteiger partial charge in [0.25, 0.3) is 0 Å². The Bertz CT molecular complexity index is 223. The molecule has 0 radical (unpaired) electrons. The van der Waals surface area contributed by atoms with Crippen molar-refractivity contribution in [1.29, 1.82) is 0 Å². The Morgan fingerprint density at radius 1 is 1.33 bits per heavy atom. The quantitative estimate of drug-likeness (QED) is 0.617. The average molecular weight is 214 g/mol. The first kappa shape index (κ1) is 12.3. The van der Waals surface area contributed by atoms with Crippen LogP contribution in [-0.2, 0) is 0 Å². The fraction of sp³-hybridized carbons (Fsp3) is 0.909. The average Bonchev–Trinajstić information content (AvgIpc) is 1.99. The number of amides is 2. The molecule has 15 heavy (non-hydrogen) atoms. The van der Waals surface area contributed by atoms with E-state index in [4.69, 9.17) is 0 Å². The summed E-state index contributed by atoms with van der Waals surface area (Å²) in [7, 11) is 0. The molecule has 4 heteroatoms. The molecule has 1 saturated carbocycles. The van der Waals surface area contributed by atoms with Gasteiger partial charge in [0.05, 0.1) is 6.10 Å². The first-order chi connectivity index (χ1) is 6.87. The summed E-state index contributed by atoms with van der Waals surface area (Å²) in [5, 5.41) is 15.2. The van der Waals surface area contributed by atoms with E-state index < -0.39 is 0 Å². The van der Waals surface area contributed by atoms with Gasteiger partial charge in [-0.15, -0.1) is 0 Å². The highest BCUT2D eigenvalue weighted by molar-refractivity contribution is 5.74. The van der Waals surface area contributed by atoms with Gasteiger partial charge in [-0.05, 0) is 46.5 Å². The van der Waals surface area contributed by atoms with Crippen molar-refractivity contribution in [3.05, 3.63) is 0 Å². The molecule has 0 spiro atoms. The molecule has 88 valence electrons. The molecule has 1 rings (SSSR count). The van der Waals surface area contributed by atoms with E-state index in [9.17, 15) is 9.90 Å². The van der Waals surface area contributed by atoms with Crippen LogP contribution in [0.3, 0.4) is 0 Å². The number of carbonyl (C=O) groups excluding carboxylic acids is 1. The van der Waals surface area contributed by atoms with Gasteiger partial charge in [0.15, 0.2) is 0 Å². The third-order valence-corrected chi connectivity index (χ3v) is 2.47. The molecule has 1 fully saturated rings. The van der Waals surface area contributed by atoms with Crippen molar-refractivity contribution in [3.63, 3.8) is 0 Å². The zero-order chi connectivity index (χ0) is 11.5. The molecule has 0 heterocycles. The van der Waals surface area contributed by atoms with Crippen molar-refractivity contribution < 1.29 is 9.90 Å². The van der Waals surface area contributed by atoms with Crippen molar-refractivity contribution in [2.24, 2.45) is 0 Å². The monoisotopic (exact) mass is 214 g/mol. The van der Waals surface area contributed by atoms with Crippen molar-refractivity contribution >= 4 is 6.03 Å². The number of aliphatic hydroxyl groups is 1. The van der Waals surface area contributed by atoms with Crippen molar-refractivity contribution in [1.82, 2.24) is 10.6 Å². The SMILES string of the molecule is CC(C)(C)NC(=O)N[C@@H]1CCC[C@@H](O)C1. The maximum atomic E-state index is 11.5. The summed E-state index contributed by atoms with van der Waals surface area (Å²) in [6.07, 6.45) is 3.24. The highest BCUT2D eigenvalue weighted by Crippen LogP contribution is 2.18. The van der Waals surface area contributed by atoms with Gasteiger partial charge in [-0.25, -0.2) is 4.79 Å². The summed E-state index contributed by atoms with van der Waals surface area (Å²) in [6, 6.07) is -0.0160. The van der Waals surface area contributed by atoms with Crippen LogP contribution in [0.15, 0.2) is 0 Å². The van der Waals surface area contributed by atoms with Gasteiger partial charge in [0.1, 0.15) is 0 Å². The zero-order valence-corrected chi connectivity index (χ0v) is 9.84. The van der Waals surface area contributed by atoms with Crippen LogP contribution in [0.1, 0.15) is 46.5 Å². The van der Waals surface area contributed by atoms with Crippen LogP contribution in [0.5, 0.6) is 0 Å². The molecule has 1 aliphatic carbocycles. The molecule has 3 N–H and O–H groups in total. The van der Waals surface area contributed by atoms with E-state index in [0.717, 1.165) is 19.3 Å². The van der Waals surface area contributed by atoms with Gasteiger partial charge < -0.3 is 15.7 Å². The fourth-order valence-corrected chi connectivity index (χ4v) is 1.86. The van der Waals surface area contributed by atoms with Gasteiger partial charge in [-0.3, -0.25) is 0 Å². The third kappa shape index (κ3) is 5.02. The van der Waals surface area contributed by atoms with E-state index in [1.54, 1.807) is 0 Å². The Morgan fingerprint density at radius 2 is 2.00 bits per heavy atom. The molecule has 0 aromatic heterocycles. The van der Waals surface area contributed by atoms with E-state index >= 15 is 0 Å². The van der Waals surface area contributed by atoms with E-state index in [1.807, 2.05) is 20.8 Å². The molecule has 0 saturated heterocycles. The molecule has 0 aliphatic heterocycles. The fourth-order valence-electron chi connectivity index (χ4n) is 1.86. The van der Waals surface area contributed by atoms with Crippen LogP contribution in [0.25, 0.3) is 0 Å². The van der Waals surface area contributed by atoms with E-state index in [0.29, 0.717) is 6.42 Å². The van der Waals surface area contributed by atoms with Crippen LogP contribution < -0.4 is 10.6 Å². The molecule has 0 aromatic rings. The molecule has 0 aromatic carbocycles. The van der Waals surface area contributed by atoms with Crippen molar-refractivity contribution in [3.8, 4) is 0 Å². The predicted molar refractivity (Wildman–Crippen MR) is 59.7 cm³/mol. The smallest absolute Gasteiger partial charge is 0.315 e. The van der Waals surface area contributed by atoms with E-state index in [2.05, 4.69) is 10.6 Å². The summed E-state index contributed by atoms with van der Waals surface area (Å²) in [4.78, 5) is 11.5. The number of hydrogen-bond donors (Lipinski definition) is 3. The predicted octanol–water partition coefficient (Wildman–Crippen LogP) is 1.39. The maximum absolute atomic E-state index is 11.5. The normalized spacial score (nSPS) is 27.2. The number of urea groups is 1. The standard InChI is InChI=1S/C11H22N2O2/c1-11(2,3)13-10(15)12-8-5-4-6-9(14)7-8/h8-9,14H,4-7H2,1-3H3,(H2,12,13,15)/t8-,9-/m1/s1. The van der Waals surface area contributed by atoms with Crippen LogP contribution >= 0.6 is 0 Å². The lowest BCUT2D eigenvalue weighted by Crippen LogP contribution is -2.50. The molecule has 4 nitrogen and oxygen atoms in total. The molecule has 0 unspecified atom stereocenters. The van der Waals surface area contributed by atoms with E-state index in [1.165, 1.54) is 0 Å². The van der Waals surface area contributed by atoms with Gasteiger partial charge in [0, 0.05) is 11.6 Å². The molecular weight excluding hydrogens is 192 g/mol. The Labute approximate surface area is 91.4 Å². The minimum Gasteiger partial charge on any atom is -0.393 e. The molecule has 2 amide bonds. The molecule has 0 bridgehead atoms. The summed E-state index contributed by atoms with van der Waals surface area (Å²) >= 11 is 0. The Hall–Kier alpha value is -0.770. The number of rotatable bonds is 1. The van der Waals surface area contributed by atoms with Gasteiger partial charge >= 0.3 is 6.03 Å². The second-order valence-corrected chi connectivity index (χ2v) is 5.37. The largest absolute Gasteiger partial charge is 0.393 e. The Balaban J connectivity index is 2.31. The lowest BCUT2D eigenvalue weighted by molar-refractivity contribution is 0.113. The van der Waals surface area contributed by atoms with Crippen LogP contribution in [-0.4, -0.2) is 28.8 Å². The Kier molecular flexibility index (Phi) is 3.97. The van der Waals surface area contributed by atoms with Crippen molar-refractivity contribution in [2.75, 3.05) is 0 Å². The first-order valence-electron chi connectivity index (χ1n) is 5.63. The van der Waals surface area contributed by atoms with Crippen LogP contribution in [0, 0.1) is 0 Å². The number of nitrogens with one attached hydrogen (secondary N) is 2. The topological polar surface area (TPSA) is 61.4 Å². The summed E-state index contributed by atoms with van der Waals surface area (Å²) in [6.45, 7) is 5.84. The van der Waals surface area contributed by atoms with E-state index in [-0.39, 0.29) is 23.7 Å². The maximum Gasteiger partial charge on any atom is 0.315 e. The number of carbonyl (C=O) groups is 1. The molecule has 2 atom stereocenters. The molecule has 1 aliphatic rings. The van der Waals surface area contributed by atoms with Crippen LogP contribution in [0.4, 0.5) is 4.79 Å². The van der Waals surface area contributed by atoms with Gasteiger partial charge in [0.2, 0.25) is 0 Å². The third-order valence-electron chi connectivity index (χ3n) is 2.47. The zero-order valence-electron chi connectivity index (χ0n) is 9.84. The first-order valence-corrected chi connectivity index (χ1v) is 5.63. The minimum absolute atomic E-state index is 0.121. The minimum atomic E-state index is -0.251. The van der Waals surface area contributed by atoms with Crippen LogP contribution in [0.2, 0.25) is 0 Å². The summed E-state index contributed by atoms with van der Waals surface area (Å²) in [5.74, 6) is 0. The highest BCUT2D eigenvalue weighted by Gasteiger charge is 2.22. The number of hydrogen-bond acceptors (Lipinski definition) is 2. The highest BCUT2D eigenvalue weighted by atomic mass is 16.3. The second kappa shape index (κ2) is 4.84. The summed E-state index contributed by atoms with van der Waals surface area (Å²) in [5.41, 5.74) is -0.211. The lowest BCUT2D eigenvalue weighted by Gasteiger charge is -2.28. The van der Waals surface area contributed by atoms with Gasteiger partial charge in [-0.1, -0.05) is 0 Å². The number of aliphatic hydroxyl groups excluding tert-OH is 1.